The third-order valence-electron chi connectivity index (χ3n) is 4.25. The van der Waals surface area contributed by atoms with Crippen molar-refractivity contribution in [3.8, 4) is 11.8 Å². The van der Waals surface area contributed by atoms with E-state index in [-0.39, 0.29) is 12.1 Å². The Labute approximate surface area is 206 Å². The molecule has 1 atom stereocenters. The second-order valence-electron chi connectivity index (χ2n) is 6.80. The van der Waals surface area contributed by atoms with Gasteiger partial charge in [0.05, 0.1) is 32.5 Å². The first kappa shape index (κ1) is 24.6. The van der Waals surface area contributed by atoms with E-state index in [1.54, 1.807) is 6.07 Å². The first-order valence-electron chi connectivity index (χ1n) is 8.62. The Morgan fingerprint density at radius 3 is 2.44 bits per heavy atom. The zero-order chi connectivity index (χ0) is 23.8. The van der Waals surface area contributed by atoms with Gasteiger partial charge in [0, 0.05) is 5.56 Å². The van der Waals surface area contributed by atoms with Gasteiger partial charge in [-0.1, -0.05) is 23.2 Å². The molecule has 1 unspecified atom stereocenters. The number of carbonyl (C=O) groups is 1. The number of nitrogens with one attached hydrogen (secondary N) is 1. The van der Waals surface area contributed by atoms with Gasteiger partial charge in [0.2, 0.25) is 0 Å². The summed E-state index contributed by atoms with van der Waals surface area (Å²) in [4.78, 5) is 12.6. The molecular formula is C19H11Br2Cl2F3N4O2. The van der Waals surface area contributed by atoms with E-state index in [1.807, 2.05) is 6.07 Å². The Morgan fingerprint density at radius 1 is 1.25 bits per heavy atom. The molecule has 3 aromatic rings. The molecule has 0 spiro atoms. The molecule has 0 radical (unpaired) electrons. The van der Waals surface area contributed by atoms with Crippen molar-refractivity contribution >= 4 is 71.9 Å². The van der Waals surface area contributed by atoms with Crippen molar-refractivity contribution in [3.05, 3.63) is 55.0 Å². The summed E-state index contributed by atoms with van der Waals surface area (Å²) >= 11 is 19.2. The molecule has 2 aromatic carbocycles. The van der Waals surface area contributed by atoms with Crippen molar-refractivity contribution in [2.24, 2.45) is 0 Å². The summed E-state index contributed by atoms with van der Waals surface area (Å²) in [6, 6.07) is 7.90. The van der Waals surface area contributed by atoms with E-state index in [1.165, 1.54) is 11.6 Å². The summed E-state index contributed by atoms with van der Waals surface area (Å²) in [5.74, 6) is -1.13. The molecule has 3 rings (SSSR count). The molecule has 1 N–H and O–H groups in total. The molecule has 0 fully saturated rings. The molecule has 13 heteroatoms. The zero-order valence-corrected chi connectivity index (χ0v) is 20.6. The maximum Gasteiger partial charge on any atom is 0.573 e. The molecule has 1 heterocycles. The summed E-state index contributed by atoms with van der Waals surface area (Å²) in [5, 5.41) is 18.0. The van der Waals surface area contributed by atoms with E-state index in [0.29, 0.717) is 30.0 Å². The number of alkyl halides is 3. The molecular weight excluding hydrogens is 604 g/mol. The summed E-state index contributed by atoms with van der Waals surface area (Å²) in [6.07, 6.45) is -4.84. The van der Waals surface area contributed by atoms with Gasteiger partial charge in [-0.25, -0.2) is 0 Å². The molecule has 0 aliphatic carbocycles. The largest absolute Gasteiger partial charge is 0.573 e. The van der Waals surface area contributed by atoms with Gasteiger partial charge in [0.1, 0.15) is 21.4 Å². The fourth-order valence-electron chi connectivity index (χ4n) is 2.80. The van der Waals surface area contributed by atoms with Crippen LogP contribution in [0.2, 0.25) is 10.0 Å². The maximum atomic E-state index is 12.6. The minimum Gasteiger partial charge on any atom is -0.406 e. The number of nitrogens with zero attached hydrogens (tertiary/aromatic N) is 3. The Bertz CT molecular complexity index is 1240. The number of benzene rings is 2. The van der Waals surface area contributed by atoms with Crippen molar-refractivity contribution in [1.82, 2.24) is 15.1 Å². The molecule has 32 heavy (non-hydrogen) atoms. The van der Waals surface area contributed by atoms with Gasteiger partial charge >= 0.3 is 6.36 Å². The van der Waals surface area contributed by atoms with E-state index >= 15 is 0 Å². The number of carbonyl (C=O) groups excluding carboxylic acids is 1. The second-order valence-corrected chi connectivity index (χ2v) is 9.16. The number of aromatic nitrogens is 2. The van der Waals surface area contributed by atoms with Crippen LogP contribution in [-0.2, 0) is 6.54 Å². The van der Waals surface area contributed by atoms with Crippen LogP contribution >= 0.6 is 55.1 Å². The smallest absolute Gasteiger partial charge is 0.406 e. The van der Waals surface area contributed by atoms with Crippen LogP contribution in [0.4, 0.5) is 13.2 Å². The van der Waals surface area contributed by atoms with Crippen LogP contribution < -0.4 is 10.1 Å². The SMILES string of the molecule is CC(C#N)(Cn1nc2c(Br)c(Cl)cc(Cl)c2c1Br)NC(=O)c1ccc(OC(F)(F)F)cc1. The Balaban J connectivity index is 1.84. The van der Waals surface area contributed by atoms with E-state index < -0.39 is 23.6 Å². The average Bonchev–Trinajstić information content (AvgIpc) is 3.02. The third-order valence-corrected chi connectivity index (χ3v) is 6.69. The van der Waals surface area contributed by atoms with Crippen LogP contribution in [0.25, 0.3) is 10.9 Å². The van der Waals surface area contributed by atoms with E-state index in [0.717, 1.165) is 24.3 Å². The predicted molar refractivity (Wildman–Crippen MR) is 120 cm³/mol. The Kier molecular flexibility index (Phi) is 7.00. The van der Waals surface area contributed by atoms with Gasteiger partial charge < -0.3 is 10.1 Å². The fraction of sp³-hybridized carbons (Fsp3) is 0.211. The Hall–Kier alpha value is -2.00. The van der Waals surface area contributed by atoms with Gasteiger partial charge in [0.15, 0.2) is 0 Å². The summed E-state index contributed by atoms with van der Waals surface area (Å²) in [5.41, 5.74) is -0.921. The van der Waals surface area contributed by atoms with Crippen molar-refractivity contribution in [2.45, 2.75) is 25.4 Å². The normalized spacial score (nSPS) is 13.5. The second kappa shape index (κ2) is 9.09. The fourth-order valence-corrected chi connectivity index (χ4v) is 4.46. The molecule has 1 amide bonds. The van der Waals surface area contributed by atoms with Crippen LogP contribution in [0.15, 0.2) is 39.4 Å². The topological polar surface area (TPSA) is 79.9 Å². The quantitative estimate of drug-likeness (QED) is 0.334. The van der Waals surface area contributed by atoms with E-state index in [4.69, 9.17) is 23.2 Å². The third kappa shape index (κ3) is 5.31. The van der Waals surface area contributed by atoms with Crippen molar-refractivity contribution in [2.75, 3.05) is 0 Å². The summed E-state index contributed by atoms with van der Waals surface area (Å²) in [6.45, 7) is 1.41. The van der Waals surface area contributed by atoms with Gasteiger partial charge in [-0.05, 0) is 69.1 Å². The minimum absolute atomic E-state index is 0.0447. The number of nitriles is 1. The lowest BCUT2D eigenvalue weighted by Crippen LogP contribution is -2.48. The molecule has 0 aliphatic heterocycles. The number of hydrogen-bond acceptors (Lipinski definition) is 4. The lowest BCUT2D eigenvalue weighted by molar-refractivity contribution is -0.274. The highest BCUT2D eigenvalue weighted by Crippen LogP contribution is 2.39. The Morgan fingerprint density at radius 2 is 1.88 bits per heavy atom. The number of rotatable bonds is 5. The van der Waals surface area contributed by atoms with Gasteiger partial charge in [-0.15, -0.1) is 13.2 Å². The number of ether oxygens (including phenoxy) is 1. The number of halogens is 7. The standard InChI is InChI=1S/C19H11Br2Cl2F3N4O2/c1-18(7-27,28-17(31)9-2-4-10(5-3-9)32-19(24,25)26)8-30-16(21)13-11(22)6-12(23)14(20)15(13)29-30/h2-6H,8H2,1H3,(H,28,31). The predicted octanol–water partition coefficient (Wildman–Crippen LogP) is 6.48. The van der Waals surface area contributed by atoms with Crippen molar-refractivity contribution < 1.29 is 22.7 Å². The number of hydrogen-bond donors (Lipinski definition) is 1. The van der Waals surface area contributed by atoms with Crippen molar-refractivity contribution in [3.63, 3.8) is 0 Å². The van der Waals surface area contributed by atoms with Crippen LogP contribution in [0.1, 0.15) is 17.3 Å². The van der Waals surface area contributed by atoms with Gasteiger partial charge in [-0.2, -0.15) is 10.4 Å². The van der Waals surface area contributed by atoms with Crippen LogP contribution in [0.5, 0.6) is 5.75 Å². The highest BCUT2D eigenvalue weighted by molar-refractivity contribution is 9.11. The first-order valence-corrected chi connectivity index (χ1v) is 11.0. The van der Waals surface area contributed by atoms with Gasteiger partial charge in [-0.3, -0.25) is 9.48 Å². The summed E-state index contributed by atoms with van der Waals surface area (Å²) in [7, 11) is 0. The molecule has 168 valence electrons. The maximum absolute atomic E-state index is 12.6. The lowest BCUT2D eigenvalue weighted by atomic mass is 10.0. The lowest BCUT2D eigenvalue weighted by Gasteiger charge is -2.23. The highest BCUT2D eigenvalue weighted by atomic mass is 79.9. The van der Waals surface area contributed by atoms with Crippen LogP contribution in [-0.4, -0.2) is 27.6 Å². The molecule has 0 saturated heterocycles. The van der Waals surface area contributed by atoms with Crippen LogP contribution in [0.3, 0.4) is 0 Å². The first-order chi connectivity index (χ1) is 14.8. The van der Waals surface area contributed by atoms with Crippen molar-refractivity contribution in [1.29, 1.82) is 5.26 Å². The highest BCUT2D eigenvalue weighted by Gasteiger charge is 2.32. The summed E-state index contributed by atoms with van der Waals surface area (Å²) < 4.78 is 43.1. The number of amides is 1. The van der Waals surface area contributed by atoms with E-state index in [9.17, 15) is 23.2 Å². The van der Waals surface area contributed by atoms with Gasteiger partial charge in [0.25, 0.3) is 5.91 Å². The average molecular weight is 615 g/mol. The monoisotopic (exact) mass is 612 g/mol. The van der Waals surface area contributed by atoms with Crippen LogP contribution in [0, 0.1) is 11.3 Å². The molecule has 1 aromatic heterocycles. The minimum atomic E-state index is -4.84. The number of fused-ring (bicyclic) bond motifs is 1. The molecule has 0 bridgehead atoms. The zero-order valence-electron chi connectivity index (χ0n) is 15.9. The molecule has 6 nitrogen and oxygen atoms in total. The molecule has 0 saturated carbocycles. The van der Waals surface area contributed by atoms with E-state index in [2.05, 4.69) is 47.0 Å². The molecule has 0 aliphatic rings.